The lowest BCUT2D eigenvalue weighted by atomic mass is 9.95. The van der Waals surface area contributed by atoms with Crippen molar-refractivity contribution in [3.63, 3.8) is 0 Å². The van der Waals surface area contributed by atoms with E-state index in [0.29, 0.717) is 34.9 Å². The number of nitriles is 1. The summed E-state index contributed by atoms with van der Waals surface area (Å²) in [5, 5.41) is 14.0. The first kappa shape index (κ1) is 19.1. The Kier molecular flexibility index (Phi) is 6.44. The van der Waals surface area contributed by atoms with Crippen LogP contribution in [0, 0.1) is 11.3 Å². The summed E-state index contributed by atoms with van der Waals surface area (Å²) in [4.78, 5) is 24.3. The van der Waals surface area contributed by atoms with Crippen LogP contribution in [-0.4, -0.2) is 31.8 Å². The van der Waals surface area contributed by atoms with Crippen molar-refractivity contribution < 1.29 is 23.8 Å². The van der Waals surface area contributed by atoms with E-state index in [4.69, 9.17) is 19.5 Å². The van der Waals surface area contributed by atoms with Crippen LogP contribution >= 0.6 is 0 Å². The molecular weight excluding hydrogens is 338 g/mol. The molecule has 0 spiro atoms. The number of hydrogen-bond acceptors (Lipinski definition) is 6. The molecule has 1 unspecified atom stereocenters. The summed E-state index contributed by atoms with van der Waals surface area (Å²) in [6.45, 7) is 5.68. The molecule has 26 heavy (non-hydrogen) atoms. The summed E-state index contributed by atoms with van der Waals surface area (Å²) in [6, 6.07) is 5.83. The molecule has 0 saturated heterocycles. The van der Waals surface area contributed by atoms with Crippen LogP contribution in [0.3, 0.4) is 0 Å². The third-order valence-electron chi connectivity index (χ3n) is 3.66. The van der Waals surface area contributed by atoms with E-state index in [0.717, 1.165) is 0 Å². The van der Waals surface area contributed by atoms with Gasteiger partial charge in [0.2, 0.25) is 0 Å². The maximum absolute atomic E-state index is 12.4. The highest BCUT2D eigenvalue weighted by Crippen LogP contribution is 2.34. The zero-order valence-electron chi connectivity index (χ0n) is 14.9. The molecule has 0 aromatic heterocycles. The van der Waals surface area contributed by atoms with Crippen molar-refractivity contribution in [3.05, 3.63) is 35.0 Å². The van der Waals surface area contributed by atoms with Crippen molar-refractivity contribution >= 4 is 12.0 Å². The predicted molar refractivity (Wildman–Crippen MR) is 92.5 cm³/mol. The van der Waals surface area contributed by atoms with Crippen molar-refractivity contribution in [3.8, 4) is 17.6 Å². The molecule has 1 aromatic rings. The molecule has 8 heteroatoms. The molecule has 1 atom stereocenters. The molecule has 1 heterocycles. The molecule has 138 valence electrons. The van der Waals surface area contributed by atoms with Gasteiger partial charge in [0.05, 0.1) is 24.8 Å². The molecule has 8 nitrogen and oxygen atoms in total. The maximum atomic E-state index is 12.4. The van der Waals surface area contributed by atoms with E-state index in [1.165, 1.54) is 0 Å². The number of esters is 1. The topological polar surface area (TPSA) is 110 Å². The van der Waals surface area contributed by atoms with Crippen LogP contribution < -0.4 is 20.1 Å². The van der Waals surface area contributed by atoms with E-state index >= 15 is 0 Å². The van der Waals surface area contributed by atoms with Gasteiger partial charge in [-0.25, -0.2) is 9.59 Å². The van der Waals surface area contributed by atoms with E-state index in [1.807, 2.05) is 13.0 Å². The molecule has 0 aliphatic carbocycles. The summed E-state index contributed by atoms with van der Waals surface area (Å²) < 4.78 is 16.0. The second kappa shape index (κ2) is 8.76. The fraction of sp³-hybridized carbons (Fsp3) is 0.389. The molecule has 0 fully saturated rings. The van der Waals surface area contributed by atoms with Crippen molar-refractivity contribution in [1.82, 2.24) is 10.6 Å². The van der Waals surface area contributed by atoms with Gasteiger partial charge in [0.1, 0.15) is 6.07 Å². The Morgan fingerprint density at radius 3 is 2.65 bits per heavy atom. The number of amides is 2. The van der Waals surface area contributed by atoms with Gasteiger partial charge in [0, 0.05) is 5.70 Å². The summed E-state index contributed by atoms with van der Waals surface area (Å²) in [7, 11) is 0. The van der Waals surface area contributed by atoms with Crippen LogP contribution in [0.2, 0.25) is 0 Å². The molecular formula is C18H21N3O5. The molecule has 2 rings (SSSR count). The second-order valence-electron chi connectivity index (χ2n) is 5.38. The van der Waals surface area contributed by atoms with Gasteiger partial charge in [-0.3, -0.25) is 0 Å². The van der Waals surface area contributed by atoms with Crippen molar-refractivity contribution in [2.24, 2.45) is 0 Å². The Hall–Kier alpha value is -3.21. The number of hydrogen-bond donors (Lipinski definition) is 2. The Labute approximate surface area is 151 Å². The first-order valence-corrected chi connectivity index (χ1v) is 8.23. The zero-order chi connectivity index (χ0) is 19.1. The van der Waals surface area contributed by atoms with Gasteiger partial charge in [-0.05, 0) is 38.5 Å². The van der Waals surface area contributed by atoms with Crippen LogP contribution in [0.5, 0.6) is 11.5 Å². The predicted octanol–water partition coefficient (Wildman–Crippen LogP) is 2.18. The monoisotopic (exact) mass is 359 g/mol. The lowest BCUT2D eigenvalue weighted by Gasteiger charge is -2.28. The molecule has 0 radical (unpaired) electrons. The largest absolute Gasteiger partial charge is 0.490 e. The first-order chi connectivity index (χ1) is 12.5. The third kappa shape index (κ3) is 4.25. The molecule has 0 bridgehead atoms. The average Bonchev–Trinajstić information content (AvgIpc) is 2.60. The van der Waals surface area contributed by atoms with Crippen LogP contribution in [0.15, 0.2) is 29.5 Å². The molecule has 1 aromatic carbocycles. The number of rotatable bonds is 7. The fourth-order valence-corrected chi connectivity index (χ4v) is 2.63. The summed E-state index contributed by atoms with van der Waals surface area (Å²) in [5.41, 5.74) is 1.38. The minimum atomic E-state index is -0.688. The molecule has 2 amide bonds. The number of carbonyl (C=O) groups excluding carboxylic acids is 2. The lowest BCUT2D eigenvalue weighted by molar-refractivity contribution is -0.139. The zero-order valence-corrected chi connectivity index (χ0v) is 14.9. The smallest absolute Gasteiger partial charge is 0.338 e. The van der Waals surface area contributed by atoms with Crippen LogP contribution in [0.25, 0.3) is 0 Å². The average molecular weight is 359 g/mol. The molecule has 1 aliphatic rings. The van der Waals surface area contributed by atoms with E-state index in [2.05, 4.69) is 10.6 Å². The minimum absolute atomic E-state index is 0.114. The first-order valence-electron chi connectivity index (χ1n) is 8.23. The second-order valence-corrected chi connectivity index (χ2v) is 5.38. The SMILES string of the molecule is CCOC(=O)C1=C(C)NC(=O)NC1c1ccc(OCC#N)c(OCC)c1. The number of ether oxygens (including phenoxy) is 3. The number of nitrogens with one attached hydrogen (secondary N) is 2. The van der Waals surface area contributed by atoms with Gasteiger partial charge in [0.15, 0.2) is 18.1 Å². The van der Waals surface area contributed by atoms with E-state index in [1.54, 1.807) is 32.0 Å². The highest BCUT2D eigenvalue weighted by atomic mass is 16.5. The van der Waals surface area contributed by atoms with Crippen LogP contribution in [-0.2, 0) is 9.53 Å². The van der Waals surface area contributed by atoms with Gasteiger partial charge in [-0.1, -0.05) is 6.07 Å². The summed E-state index contributed by atoms with van der Waals surface area (Å²) >= 11 is 0. The lowest BCUT2D eigenvalue weighted by Crippen LogP contribution is -2.45. The quantitative estimate of drug-likeness (QED) is 0.722. The Bertz CT molecular complexity index is 767. The van der Waals surface area contributed by atoms with Gasteiger partial charge >= 0.3 is 12.0 Å². The van der Waals surface area contributed by atoms with Gasteiger partial charge in [-0.15, -0.1) is 0 Å². The maximum Gasteiger partial charge on any atom is 0.338 e. The van der Waals surface area contributed by atoms with Crippen LogP contribution in [0.1, 0.15) is 32.4 Å². The van der Waals surface area contributed by atoms with Gasteiger partial charge in [0.25, 0.3) is 0 Å². The molecule has 0 saturated carbocycles. The van der Waals surface area contributed by atoms with Crippen molar-refractivity contribution in [2.75, 3.05) is 19.8 Å². The highest BCUT2D eigenvalue weighted by Gasteiger charge is 2.32. The standard InChI is InChI=1S/C18H21N3O5/c1-4-24-14-10-12(6-7-13(14)26-9-8-19)16-15(17(22)25-5-2)11(3)20-18(23)21-16/h6-7,10,16H,4-5,9H2,1-3H3,(H2,20,21,23). The van der Waals surface area contributed by atoms with E-state index < -0.39 is 18.0 Å². The number of carbonyl (C=O) groups is 2. The molecule has 2 N–H and O–H groups in total. The fourth-order valence-electron chi connectivity index (χ4n) is 2.63. The number of nitrogens with zero attached hydrogens (tertiary/aromatic N) is 1. The van der Waals surface area contributed by atoms with Crippen molar-refractivity contribution in [2.45, 2.75) is 26.8 Å². The summed E-state index contributed by atoms with van der Waals surface area (Å²) in [5.74, 6) is 0.329. The number of allylic oxidation sites excluding steroid dienone is 1. The highest BCUT2D eigenvalue weighted by molar-refractivity contribution is 5.95. The van der Waals surface area contributed by atoms with E-state index in [-0.39, 0.29) is 13.2 Å². The summed E-state index contributed by atoms with van der Waals surface area (Å²) in [6.07, 6.45) is 0. The van der Waals surface area contributed by atoms with E-state index in [9.17, 15) is 9.59 Å². The minimum Gasteiger partial charge on any atom is -0.490 e. The van der Waals surface area contributed by atoms with Gasteiger partial charge in [-0.2, -0.15) is 5.26 Å². The Morgan fingerprint density at radius 1 is 1.23 bits per heavy atom. The number of urea groups is 1. The Morgan fingerprint density at radius 2 is 2.00 bits per heavy atom. The third-order valence-corrected chi connectivity index (χ3v) is 3.66. The van der Waals surface area contributed by atoms with Crippen LogP contribution in [0.4, 0.5) is 4.79 Å². The van der Waals surface area contributed by atoms with Gasteiger partial charge < -0.3 is 24.8 Å². The molecule has 1 aliphatic heterocycles. The van der Waals surface area contributed by atoms with Crippen molar-refractivity contribution in [1.29, 1.82) is 5.26 Å². The number of benzene rings is 1. The Balaban J connectivity index is 2.44. The normalized spacial score (nSPS) is 16.2.